The Hall–Kier alpha value is -1.20. The van der Waals surface area contributed by atoms with Crippen molar-refractivity contribution < 1.29 is 22.9 Å². The van der Waals surface area contributed by atoms with Crippen LogP contribution in [0.5, 0.6) is 0 Å². The van der Waals surface area contributed by atoms with E-state index in [1.807, 2.05) is 6.92 Å². The molecule has 1 atom stereocenters. The molecule has 2 N–H and O–H groups in total. The van der Waals surface area contributed by atoms with Gasteiger partial charge in [0.1, 0.15) is 10.3 Å². The van der Waals surface area contributed by atoms with E-state index >= 15 is 0 Å². The van der Waals surface area contributed by atoms with Crippen LogP contribution in [-0.2, 0) is 14.8 Å². The molecule has 0 spiro atoms. The number of hydrogen-bond acceptors (Lipinski definition) is 5. The first-order valence-electron chi connectivity index (χ1n) is 8.54. The molecule has 3 amide bonds. The number of nitrogens with zero attached hydrogens (tertiary/aromatic N) is 2. The van der Waals surface area contributed by atoms with Crippen molar-refractivity contribution in [2.24, 2.45) is 0 Å². The number of amides is 3. The van der Waals surface area contributed by atoms with Gasteiger partial charge in [0.25, 0.3) is 15.9 Å². The highest BCUT2D eigenvalue weighted by Gasteiger charge is 2.40. The Bertz CT molecular complexity index is 789. The number of piperazine rings is 1. The fourth-order valence-corrected chi connectivity index (χ4v) is 6.28. The maximum Gasteiger partial charge on any atom is 0.329 e. The minimum atomic E-state index is -3.54. The van der Waals surface area contributed by atoms with E-state index in [1.54, 1.807) is 6.07 Å². The SMILES string of the molecule is CCC[C@@H]1NC(=O)N(C[NH+]2CCN(S(=O)(=O)c3ccc(Cl)s3)CC2)C1=O. The Morgan fingerprint density at radius 1 is 1.31 bits per heavy atom. The highest BCUT2D eigenvalue weighted by Crippen LogP contribution is 2.28. The summed E-state index contributed by atoms with van der Waals surface area (Å²) in [4.78, 5) is 26.6. The summed E-state index contributed by atoms with van der Waals surface area (Å²) >= 11 is 6.89. The van der Waals surface area contributed by atoms with E-state index in [-0.39, 0.29) is 22.8 Å². The lowest BCUT2D eigenvalue weighted by Gasteiger charge is -2.32. The van der Waals surface area contributed by atoms with Crippen molar-refractivity contribution in [1.82, 2.24) is 14.5 Å². The van der Waals surface area contributed by atoms with E-state index in [4.69, 9.17) is 11.6 Å². The van der Waals surface area contributed by atoms with Gasteiger partial charge in [-0.05, 0) is 18.6 Å². The van der Waals surface area contributed by atoms with Crippen molar-refractivity contribution in [3.8, 4) is 0 Å². The van der Waals surface area contributed by atoms with Crippen molar-refractivity contribution >= 4 is 44.9 Å². The van der Waals surface area contributed by atoms with Crippen LogP contribution >= 0.6 is 22.9 Å². The van der Waals surface area contributed by atoms with Gasteiger partial charge >= 0.3 is 6.03 Å². The molecule has 1 aromatic rings. The van der Waals surface area contributed by atoms with E-state index in [9.17, 15) is 18.0 Å². The molecule has 26 heavy (non-hydrogen) atoms. The van der Waals surface area contributed by atoms with Gasteiger partial charge in [-0.3, -0.25) is 4.79 Å². The van der Waals surface area contributed by atoms with Crippen molar-refractivity contribution in [1.29, 1.82) is 0 Å². The highest BCUT2D eigenvalue weighted by molar-refractivity contribution is 7.91. The van der Waals surface area contributed by atoms with Crippen LogP contribution in [0.2, 0.25) is 4.34 Å². The van der Waals surface area contributed by atoms with Gasteiger partial charge in [-0.15, -0.1) is 11.3 Å². The Labute approximate surface area is 161 Å². The number of nitrogens with one attached hydrogen (secondary N) is 2. The maximum absolute atomic E-state index is 12.6. The molecular weight excluding hydrogens is 400 g/mol. The number of rotatable bonds is 6. The van der Waals surface area contributed by atoms with Gasteiger partial charge in [-0.2, -0.15) is 4.31 Å². The van der Waals surface area contributed by atoms with Crippen LogP contribution in [0.25, 0.3) is 0 Å². The number of thiophene rings is 1. The number of sulfonamides is 1. The number of imide groups is 1. The standard InChI is InChI=1S/C15H21ClN4O4S2/c1-2-3-11-14(21)20(15(22)17-11)10-18-6-8-19(9-7-18)26(23,24)13-5-4-12(16)25-13/h4-5,11H,2-3,6-10H2,1H3,(H,17,22)/p+1/t11-/m0/s1. The number of hydrogen-bond donors (Lipinski definition) is 2. The highest BCUT2D eigenvalue weighted by atomic mass is 35.5. The fraction of sp³-hybridized carbons (Fsp3) is 0.600. The maximum atomic E-state index is 12.6. The Morgan fingerprint density at radius 2 is 2.00 bits per heavy atom. The molecule has 8 nitrogen and oxygen atoms in total. The molecule has 0 aromatic carbocycles. The quantitative estimate of drug-likeness (QED) is 0.631. The first-order chi connectivity index (χ1) is 12.3. The molecule has 3 rings (SSSR count). The molecule has 2 fully saturated rings. The van der Waals surface area contributed by atoms with Crippen LogP contribution in [0.15, 0.2) is 16.3 Å². The summed E-state index contributed by atoms with van der Waals surface area (Å²) in [6.07, 6.45) is 1.45. The third kappa shape index (κ3) is 3.89. The largest absolute Gasteiger partial charge is 0.329 e. The Morgan fingerprint density at radius 3 is 2.58 bits per heavy atom. The van der Waals surface area contributed by atoms with Crippen LogP contribution in [0, 0.1) is 0 Å². The van der Waals surface area contributed by atoms with Crippen LogP contribution in [0.3, 0.4) is 0 Å². The molecule has 0 radical (unpaired) electrons. The summed E-state index contributed by atoms with van der Waals surface area (Å²) in [7, 11) is -3.54. The van der Waals surface area contributed by atoms with Crippen molar-refractivity contribution in [2.75, 3.05) is 32.8 Å². The van der Waals surface area contributed by atoms with Gasteiger partial charge in [0.2, 0.25) is 0 Å². The minimum Gasteiger partial charge on any atom is -0.326 e. The average Bonchev–Trinajstić information content (AvgIpc) is 3.15. The monoisotopic (exact) mass is 421 g/mol. The fourth-order valence-electron chi connectivity index (χ4n) is 3.20. The van der Waals surface area contributed by atoms with E-state index in [1.165, 1.54) is 15.3 Å². The molecular formula is C15H22ClN4O4S2+. The number of urea groups is 1. The predicted octanol–water partition coefficient (Wildman–Crippen LogP) is -0.0313. The zero-order chi connectivity index (χ0) is 18.9. The zero-order valence-electron chi connectivity index (χ0n) is 14.4. The number of halogens is 1. The van der Waals surface area contributed by atoms with E-state index in [0.717, 1.165) is 22.7 Å². The smallest absolute Gasteiger partial charge is 0.326 e. The molecule has 2 aliphatic rings. The van der Waals surface area contributed by atoms with Crippen molar-refractivity contribution in [3.63, 3.8) is 0 Å². The first-order valence-corrected chi connectivity index (χ1v) is 11.2. The molecule has 3 heterocycles. The van der Waals surface area contributed by atoms with E-state index in [0.29, 0.717) is 36.9 Å². The second-order valence-corrected chi connectivity index (χ2v) is 10.3. The summed E-state index contributed by atoms with van der Waals surface area (Å²) < 4.78 is 27.3. The van der Waals surface area contributed by atoms with Gasteiger partial charge in [-0.25, -0.2) is 18.1 Å². The summed E-state index contributed by atoms with van der Waals surface area (Å²) in [5.74, 6) is -0.187. The first kappa shape index (κ1) is 19.6. The Kier molecular flexibility index (Phi) is 5.88. The molecule has 1 aromatic heterocycles. The molecule has 0 unspecified atom stereocenters. The van der Waals surface area contributed by atoms with Crippen molar-refractivity contribution in [3.05, 3.63) is 16.5 Å². The molecule has 0 bridgehead atoms. The number of carbonyl (C=O) groups excluding carboxylic acids is 2. The van der Waals surface area contributed by atoms with Gasteiger partial charge in [0.15, 0.2) is 6.67 Å². The minimum absolute atomic E-state index is 0.187. The summed E-state index contributed by atoms with van der Waals surface area (Å²) in [5.41, 5.74) is 0. The summed E-state index contributed by atoms with van der Waals surface area (Å²) in [6, 6.07) is 2.30. The summed E-state index contributed by atoms with van der Waals surface area (Å²) in [5, 5.41) is 2.71. The third-order valence-corrected chi connectivity index (χ3v) is 8.24. The van der Waals surface area contributed by atoms with Gasteiger partial charge in [0, 0.05) is 0 Å². The zero-order valence-corrected chi connectivity index (χ0v) is 16.8. The van der Waals surface area contributed by atoms with Crippen LogP contribution < -0.4 is 10.2 Å². The molecule has 0 saturated carbocycles. The topological polar surface area (TPSA) is 91.2 Å². The molecule has 11 heteroatoms. The van der Waals surface area contributed by atoms with Crippen LogP contribution in [0.1, 0.15) is 19.8 Å². The molecule has 2 aliphatic heterocycles. The van der Waals surface area contributed by atoms with Gasteiger partial charge < -0.3 is 10.2 Å². The molecule has 0 aliphatic carbocycles. The van der Waals surface area contributed by atoms with Crippen LogP contribution in [0.4, 0.5) is 4.79 Å². The second-order valence-electron chi connectivity index (χ2n) is 6.43. The normalized spacial score (nSPS) is 22.8. The molecule has 2 saturated heterocycles. The van der Waals surface area contributed by atoms with Crippen molar-refractivity contribution in [2.45, 2.75) is 30.0 Å². The lowest BCUT2D eigenvalue weighted by molar-refractivity contribution is -0.910. The number of carbonyl (C=O) groups is 2. The van der Waals surface area contributed by atoms with Gasteiger partial charge in [0.05, 0.1) is 30.5 Å². The second kappa shape index (κ2) is 7.81. The average molecular weight is 422 g/mol. The lowest BCUT2D eigenvalue weighted by atomic mass is 10.2. The lowest BCUT2D eigenvalue weighted by Crippen LogP contribution is -3.16. The van der Waals surface area contributed by atoms with Gasteiger partial charge in [-0.1, -0.05) is 24.9 Å². The predicted molar refractivity (Wildman–Crippen MR) is 97.7 cm³/mol. The van der Waals surface area contributed by atoms with Crippen LogP contribution in [-0.4, -0.2) is 68.5 Å². The summed E-state index contributed by atoms with van der Waals surface area (Å²) in [6.45, 7) is 3.99. The van der Waals surface area contributed by atoms with E-state index in [2.05, 4.69) is 5.32 Å². The molecule has 144 valence electrons. The number of quaternary nitrogens is 1. The van der Waals surface area contributed by atoms with E-state index < -0.39 is 16.1 Å². The third-order valence-electron chi connectivity index (χ3n) is 4.64. The Balaban J connectivity index is 1.57.